The van der Waals surface area contributed by atoms with Gasteiger partial charge < -0.3 is 20.3 Å². The van der Waals surface area contributed by atoms with Gasteiger partial charge in [-0.05, 0) is 45.3 Å². The van der Waals surface area contributed by atoms with E-state index in [0.29, 0.717) is 16.9 Å². The normalized spacial score (nSPS) is 15.0. The van der Waals surface area contributed by atoms with Crippen LogP contribution in [0.25, 0.3) is 0 Å². The Bertz CT molecular complexity index is 488. The van der Waals surface area contributed by atoms with Crippen molar-refractivity contribution >= 4 is 29.1 Å². The Balaban J connectivity index is 2.14. The van der Waals surface area contributed by atoms with E-state index in [2.05, 4.69) is 25.5 Å². The largest absolute Gasteiger partial charge is 0.481 e. The number of hydrogen-bond acceptors (Lipinski definition) is 5. The number of aromatic nitrogens is 2. The van der Waals surface area contributed by atoms with Gasteiger partial charge in [0.15, 0.2) is 5.11 Å². The zero-order chi connectivity index (χ0) is 15.2. The van der Waals surface area contributed by atoms with Gasteiger partial charge in [0, 0.05) is 25.2 Å². The van der Waals surface area contributed by atoms with E-state index in [-0.39, 0.29) is 6.04 Å². The van der Waals surface area contributed by atoms with Crippen molar-refractivity contribution in [2.24, 2.45) is 0 Å². The first-order chi connectivity index (χ1) is 10.1. The van der Waals surface area contributed by atoms with Crippen molar-refractivity contribution in [1.82, 2.24) is 15.3 Å². The molecule has 2 N–H and O–H groups in total. The molecule has 0 aliphatic carbocycles. The molecule has 2 heterocycles. The number of hydrogen-bond donors (Lipinski definition) is 2. The maximum Gasteiger partial charge on any atom is 0.234 e. The van der Waals surface area contributed by atoms with E-state index in [9.17, 15) is 0 Å². The molecular weight excluding hydrogens is 286 g/mol. The first-order valence-electron chi connectivity index (χ1n) is 7.34. The second-order valence-corrected chi connectivity index (χ2v) is 5.80. The van der Waals surface area contributed by atoms with Gasteiger partial charge in [-0.25, -0.2) is 0 Å². The molecule has 7 heteroatoms. The second-order valence-electron chi connectivity index (χ2n) is 5.39. The van der Waals surface area contributed by atoms with Crippen LogP contribution in [0.1, 0.15) is 33.1 Å². The highest BCUT2D eigenvalue weighted by Gasteiger charge is 2.15. The molecule has 1 aliphatic rings. The van der Waals surface area contributed by atoms with Gasteiger partial charge in [-0.15, -0.1) is 0 Å². The van der Waals surface area contributed by atoms with Crippen LogP contribution in [-0.2, 0) is 0 Å². The lowest BCUT2D eigenvalue weighted by Gasteiger charge is -2.28. The summed E-state index contributed by atoms with van der Waals surface area (Å²) in [7, 11) is 1.61. The molecule has 1 aromatic rings. The van der Waals surface area contributed by atoms with Crippen molar-refractivity contribution in [3.05, 3.63) is 6.07 Å². The minimum Gasteiger partial charge on any atom is -0.481 e. The van der Waals surface area contributed by atoms with Crippen LogP contribution in [0.3, 0.4) is 0 Å². The Hall–Kier alpha value is -1.63. The van der Waals surface area contributed by atoms with Crippen molar-refractivity contribution in [2.75, 3.05) is 30.4 Å². The molecule has 0 unspecified atom stereocenters. The van der Waals surface area contributed by atoms with Gasteiger partial charge in [0.25, 0.3) is 0 Å². The standard InChI is InChI=1S/C14H23N5OS/c1-10(2)15-14(21)18-13-16-11(9-12(17-13)20-3)19-7-5-4-6-8-19/h9-10H,4-8H2,1-3H3,(H2,15,16,17,18,21). The third-order valence-corrected chi connectivity index (χ3v) is 3.44. The molecule has 1 fully saturated rings. The lowest BCUT2D eigenvalue weighted by molar-refractivity contribution is 0.397. The van der Waals surface area contributed by atoms with E-state index in [0.717, 1.165) is 18.9 Å². The van der Waals surface area contributed by atoms with E-state index in [1.165, 1.54) is 19.3 Å². The van der Waals surface area contributed by atoms with Crippen LogP contribution >= 0.6 is 12.2 Å². The summed E-state index contributed by atoms with van der Waals surface area (Å²) in [5.41, 5.74) is 0. The second kappa shape index (κ2) is 7.40. The van der Waals surface area contributed by atoms with E-state index in [4.69, 9.17) is 17.0 Å². The van der Waals surface area contributed by atoms with Crippen LogP contribution in [0.5, 0.6) is 5.88 Å². The lowest BCUT2D eigenvalue weighted by Crippen LogP contribution is -2.35. The van der Waals surface area contributed by atoms with E-state index < -0.39 is 0 Å². The number of rotatable bonds is 4. The average molecular weight is 309 g/mol. The zero-order valence-electron chi connectivity index (χ0n) is 12.8. The van der Waals surface area contributed by atoms with Crippen molar-refractivity contribution < 1.29 is 4.74 Å². The lowest BCUT2D eigenvalue weighted by atomic mass is 10.1. The topological polar surface area (TPSA) is 62.3 Å². The fourth-order valence-electron chi connectivity index (χ4n) is 2.26. The molecular formula is C14H23N5OS. The van der Waals surface area contributed by atoms with Gasteiger partial charge in [-0.1, -0.05) is 0 Å². The van der Waals surface area contributed by atoms with Crippen molar-refractivity contribution in [3.63, 3.8) is 0 Å². The van der Waals surface area contributed by atoms with Gasteiger partial charge in [0.05, 0.1) is 7.11 Å². The number of ether oxygens (including phenoxy) is 1. The highest BCUT2D eigenvalue weighted by molar-refractivity contribution is 7.80. The average Bonchev–Trinajstić information content (AvgIpc) is 2.46. The van der Waals surface area contributed by atoms with Gasteiger partial charge in [0.2, 0.25) is 11.8 Å². The molecule has 2 rings (SSSR count). The Morgan fingerprint density at radius 2 is 2.00 bits per heavy atom. The highest BCUT2D eigenvalue weighted by Crippen LogP contribution is 2.22. The molecule has 0 aromatic carbocycles. The minimum atomic E-state index is 0.261. The molecule has 21 heavy (non-hydrogen) atoms. The fourth-order valence-corrected chi connectivity index (χ4v) is 2.59. The predicted molar refractivity (Wildman–Crippen MR) is 89.1 cm³/mol. The number of thiocarbonyl (C=S) groups is 1. The zero-order valence-corrected chi connectivity index (χ0v) is 13.7. The van der Waals surface area contributed by atoms with E-state index in [1.807, 2.05) is 19.9 Å². The summed E-state index contributed by atoms with van der Waals surface area (Å²) >= 11 is 5.23. The van der Waals surface area contributed by atoms with E-state index >= 15 is 0 Å². The third-order valence-electron chi connectivity index (χ3n) is 3.22. The molecule has 0 amide bonds. The van der Waals surface area contributed by atoms with Crippen molar-refractivity contribution in [2.45, 2.75) is 39.2 Å². The quantitative estimate of drug-likeness (QED) is 0.826. The summed E-state index contributed by atoms with van der Waals surface area (Å²) in [6.07, 6.45) is 3.68. The number of piperidine rings is 1. The summed E-state index contributed by atoms with van der Waals surface area (Å²) in [6, 6.07) is 2.13. The molecule has 6 nitrogen and oxygen atoms in total. The molecule has 0 bridgehead atoms. The molecule has 0 spiro atoms. The van der Waals surface area contributed by atoms with E-state index in [1.54, 1.807) is 7.11 Å². The molecule has 0 radical (unpaired) electrons. The predicted octanol–water partition coefficient (Wildman–Crippen LogP) is 2.17. The van der Waals surface area contributed by atoms with Crippen LogP contribution < -0.4 is 20.3 Å². The molecule has 1 saturated heterocycles. The Kier molecular flexibility index (Phi) is 5.55. The molecule has 1 aromatic heterocycles. The SMILES string of the molecule is COc1cc(N2CCCCC2)nc(NC(=S)NC(C)C)n1. The monoisotopic (exact) mass is 309 g/mol. The summed E-state index contributed by atoms with van der Waals surface area (Å²) in [5, 5.41) is 6.65. The maximum atomic E-state index is 5.27. The van der Waals surface area contributed by atoms with Gasteiger partial charge in [0.1, 0.15) is 5.82 Å². The summed E-state index contributed by atoms with van der Waals surface area (Å²) in [5.74, 6) is 1.89. The first kappa shape index (κ1) is 15.8. The number of nitrogens with one attached hydrogen (secondary N) is 2. The number of nitrogens with zero attached hydrogens (tertiary/aromatic N) is 3. The number of anilines is 2. The summed E-state index contributed by atoms with van der Waals surface area (Å²) in [6.45, 7) is 6.10. The Morgan fingerprint density at radius 3 is 2.62 bits per heavy atom. The van der Waals surface area contributed by atoms with Gasteiger partial charge >= 0.3 is 0 Å². The summed E-state index contributed by atoms with van der Waals surface area (Å²) in [4.78, 5) is 11.1. The smallest absolute Gasteiger partial charge is 0.234 e. The minimum absolute atomic E-state index is 0.261. The molecule has 0 saturated carbocycles. The van der Waals surface area contributed by atoms with Crippen LogP contribution in [0.2, 0.25) is 0 Å². The van der Waals surface area contributed by atoms with Crippen LogP contribution in [0, 0.1) is 0 Å². The fraction of sp³-hybridized carbons (Fsp3) is 0.643. The first-order valence-corrected chi connectivity index (χ1v) is 7.75. The van der Waals surface area contributed by atoms with Crippen molar-refractivity contribution in [3.8, 4) is 5.88 Å². The molecule has 1 aliphatic heterocycles. The van der Waals surface area contributed by atoms with Crippen LogP contribution in [0.4, 0.5) is 11.8 Å². The number of methoxy groups -OCH3 is 1. The Morgan fingerprint density at radius 1 is 1.29 bits per heavy atom. The molecule has 0 atom stereocenters. The highest BCUT2D eigenvalue weighted by atomic mass is 32.1. The Labute approximate surface area is 131 Å². The van der Waals surface area contributed by atoms with Gasteiger partial charge in [-0.2, -0.15) is 9.97 Å². The maximum absolute atomic E-state index is 5.27. The van der Waals surface area contributed by atoms with Crippen LogP contribution in [0.15, 0.2) is 6.07 Å². The third kappa shape index (κ3) is 4.70. The summed E-state index contributed by atoms with van der Waals surface area (Å²) < 4.78 is 5.27. The van der Waals surface area contributed by atoms with Crippen LogP contribution in [-0.4, -0.2) is 41.3 Å². The van der Waals surface area contributed by atoms with Crippen molar-refractivity contribution in [1.29, 1.82) is 0 Å². The molecule has 116 valence electrons. The van der Waals surface area contributed by atoms with Gasteiger partial charge in [-0.3, -0.25) is 0 Å².